The molecule has 22 heavy (non-hydrogen) atoms. The fraction of sp³-hybridized carbons (Fsp3) is 0.647. The molecule has 1 aliphatic heterocycles. The molecule has 1 amide bonds. The average Bonchev–Trinajstić information content (AvgIpc) is 3.11. The standard InChI is InChI=1S/C17H24N2O3/c1-5-22-14(20)9-19-10-17(6-7-17)12-8-13(11(2)3)18(4)15(12)16(19)21/h8,11H,5-7,9-10H2,1-4H3. The lowest BCUT2D eigenvalue weighted by Gasteiger charge is -2.32. The van der Waals surface area contributed by atoms with Gasteiger partial charge >= 0.3 is 5.97 Å². The Hall–Kier alpha value is -1.78. The maximum atomic E-state index is 12.8. The molecule has 1 saturated carbocycles. The molecule has 1 fully saturated rings. The van der Waals surface area contributed by atoms with Gasteiger partial charge in [-0.05, 0) is 37.3 Å². The second-order valence-corrected chi connectivity index (χ2v) is 6.79. The van der Waals surface area contributed by atoms with Crippen molar-refractivity contribution >= 4 is 11.9 Å². The Balaban J connectivity index is 1.96. The molecule has 0 saturated heterocycles. The first-order valence-electron chi connectivity index (χ1n) is 8.04. The fourth-order valence-corrected chi connectivity index (χ4v) is 3.58. The van der Waals surface area contributed by atoms with E-state index in [0.29, 0.717) is 19.1 Å². The van der Waals surface area contributed by atoms with E-state index in [0.717, 1.165) is 18.5 Å². The van der Waals surface area contributed by atoms with Gasteiger partial charge in [0, 0.05) is 24.7 Å². The Morgan fingerprint density at radius 1 is 1.41 bits per heavy atom. The summed E-state index contributed by atoms with van der Waals surface area (Å²) >= 11 is 0. The average molecular weight is 304 g/mol. The summed E-state index contributed by atoms with van der Waals surface area (Å²) in [4.78, 5) is 26.3. The molecule has 2 heterocycles. The van der Waals surface area contributed by atoms with Crippen LogP contribution < -0.4 is 0 Å². The SMILES string of the molecule is CCOC(=O)CN1CC2(CC2)c2cc(C(C)C)n(C)c2C1=O. The number of hydrogen-bond donors (Lipinski definition) is 0. The topological polar surface area (TPSA) is 51.5 Å². The van der Waals surface area contributed by atoms with Crippen LogP contribution in [0.25, 0.3) is 0 Å². The zero-order valence-corrected chi connectivity index (χ0v) is 13.8. The summed E-state index contributed by atoms with van der Waals surface area (Å²) in [5, 5.41) is 0. The molecule has 3 rings (SSSR count). The van der Waals surface area contributed by atoms with Crippen molar-refractivity contribution in [2.45, 2.75) is 44.9 Å². The van der Waals surface area contributed by atoms with Gasteiger partial charge in [0.05, 0.1) is 6.61 Å². The molecule has 1 spiro atoms. The third kappa shape index (κ3) is 2.23. The number of ether oxygens (including phenoxy) is 1. The van der Waals surface area contributed by atoms with Gasteiger partial charge in [0.25, 0.3) is 5.91 Å². The van der Waals surface area contributed by atoms with Crippen LogP contribution in [0.4, 0.5) is 0 Å². The third-order valence-corrected chi connectivity index (χ3v) is 4.90. The van der Waals surface area contributed by atoms with Crippen LogP contribution in [-0.4, -0.2) is 41.0 Å². The second-order valence-electron chi connectivity index (χ2n) is 6.79. The molecule has 0 atom stereocenters. The van der Waals surface area contributed by atoms with E-state index >= 15 is 0 Å². The van der Waals surface area contributed by atoms with E-state index < -0.39 is 0 Å². The Labute approximate surface area is 131 Å². The molecule has 5 heteroatoms. The number of nitrogens with zero attached hydrogens (tertiary/aromatic N) is 2. The summed E-state index contributed by atoms with van der Waals surface area (Å²) in [7, 11) is 1.95. The Morgan fingerprint density at radius 2 is 2.09 bits per heavy atom. The van der Waals surface area contributed by atoms with Crippen molar-refractivity contribution in [2.24, 2.45) is 7.05 Å². The van der Waals surface area contributed by atoms with E-state index in [9.17, 15) is 9.59 Å². The molecule has 0 radical (unpaired) electrons. The van der Waals surface area contributed by atoms with Gasteiger partial charge in [0.1, 0.15) is 12.2 Å². The highest BCUT2D eigenvalue weighted by Crippen LogP contribution is 2.53. The van der Waals surface area contributed by atoms with Crippen molar-refractivity contribution < 1.29 is 14.3 Å². The Kier molecular flexibility index (Phi) is 3.54. The highest BCUT2D eigenvalue weighted by Gasteiger charge is 2.53. The van der Waals surface area contributed by atoms with Gasteiger partial charge in [-0.25, -0.2) is 0 Å². The van der Waals surface area contributed by atoms with Gasteiger partial charge in [-0.3, -0.25) is 9.59 Å². The number of carbonyl (C=O) groups excluding carboxylic acids is 2. The number of esters is 1. The van der Waals surface area contributed by atoms with E-state index in [-0.39, 0.29) is 23.8 Å². The predicted molar refractivity (Wildman–Crippen MR) is 83.0 cm³/mol. The number of hydrogen-bond acceptors (Lipinski definition) is 3. The monoisotopic (exact) mass is 304 g/mol. The molecule has 1 aromatic heterocycles. The van der Waals surface area contributed by atoms with E-state index in [1.54, 1.807) is 11.8 Å². The predicted octanol–water partition coefficient (Wildman–Crippen LogP) is 2.20. The Morgan fingerprint density at radius 3 is 2.64 bits per heavy atom. The van der Waals surface area contributed by atoms with Crippen molar-refractivity contribution in [3.05, 3.63) is 23.0 Å². The Bertz CT molecular complexity index is 626. The first kappa shape index (κ1) is 15.1. The number of fused-ring (bicyclic) bond motifs is 2. The highest BCUT2D eigenvalue weighted by atomic mass is 16.5. The normalized spacial score (nSPS) is 18.8. The smallest absolute Gasteiger partial charge is 0.325 e. The van der Waals surface area contributed by atoms with Crippen LogP contribution in [0.5, 0.6) is 0 Å². The molecule has 5 nitrogen and oxygen atoms in total. The summed E-state index contributed by atoms with van der Waals surface area (Å²) in [6, 6.07) is 2.20. The first-order valence-corrected chi connectivity index (χ1v) is 8.04. The molecular weight excluding hydrogens is 280 g/mol. The van der Waals surface area contributed by atoms with Gasteiger partial charge < -0.3 is 14.2 Å². The molecule has 2 aliphatic rings. The number of rotatable bonds is 4. The fourth-order valence-electron chi connectivity index (χ4n) is 3.58. The highest BCUT2D eigenvalue weighted by molar-refractivity contribution is 5.98. The summed E-state index contributed by atoms with van der Waals surface area (Å²) in [6.45, 7) is 7.10. The van der Waals surface area contributed by atoms with Crippen LogP contribution in [0.15, 0.2) is 6.07 Å². The maximum absolute atomic E-state index is 12.8. The molecular formula is C17H24N2O3. The summed E-state index contributed by atoms with van der Waals surface area (Å²) in [5.41, 5.74) is 3.20. The first-order chi connectivity index (χ1) is 10.4. The minimum Gasteiger partial charge on any atom is -0.465 e. The van der Waals surface area contributed by atoms with Gasteiger partial charge in [-0.1, -0.05) is 13.8 Å². The van der Waals surface area contributed by atoms with Crippen molar-refractivity contribution in [1.29, 1.82) is 0 Å². The third-order valence-electron chi connectivity index (χ3n) is 4.90. The molecule has 0 unspecified atom stereocenters. The second kappa shape index (κ2) is 5.14. The van der Waals surface area contributed by atoms with Crippen LogP contribution in [-0.2, 0) is 22.0 Å². The van der Waals surface area contributed by atoms with E-state index in [1.807, 2.05) is 11.6 Å². The van der Waals surface area contributed by atoms with Crippen LogP contribution in [0, 0.1) is 0 Å². The van der Waals surface area contributed by atoms with Gasteiger partial charge in [-0.2, -0.15) is 0 Å². The summed E-state index contributed by atoms with van der Waals surface area (Å²) in [6.07, 6.45) is 2.18. The quantitative estimate of drug-likeness (QED) is 0.801. The largest absolute Gasteiger partial charge is 0.465 e. The van der Waals surface area contributed by atoms with Gasteiger partial charge in [0.2, 0.25) is 0 Å². The van der Waals surface area contributed by atoms with Crippen molar-refractivity contribution in [2.75, 3.05) is 19.7 Å². The van der Waals surface area contributed by atoms with E-state index in [1.165, 1.54) is 11.3 Å². The minimum absolute atomic E-state index is 0.0463. The van der Waals surface area contributed by atoms with Crippen molar-refractivity contribution in [3.63, 3.8) is 0 Å². The van der Waals surface area contributed by atoms with Crippen molar-refractivity contribution in [3.8, 4) is 0 Å². The van der Waals surface area contributed by atoms with Crippen LogP contribution in [0.1, 0.15) is 61.3 Å². The van der Waals surface area contributed by atoms with Crippen LogP contribution in [0.2, 0.25) is 0 Å². The van der Waals surface area contributed by atoms with E-state index in [4.69, 9.17) is 4.74 Å². The molecule has 120 valence electrons. The molecule has 1 aromatic rings. The van der Waals surface area contributed by atoms with Gasteiger partial charge in [-0.15, -0.1) is 0 Å². The lowest BCUT2D eigenvalue weighted by molar-refractivity contribution is -0.144. The lowest BCUT2D eigenvalue weighted by atomic mass is 9.90. The lowest BCUT2D eigenvalue weighted by Crippen LogP contribution is -2.46. The van der Waals surface area contributed by atoms with Gasteiger partial charge in [0.15, 0.2) is 0 Å². The zero-order valence-electron chi connectivity index (χ0n) is 13.8. The molecule has 0 N–H and O–H groups in total. The molecule has 0 bridgehead atoms. The number of amides is 1. The van der Waals surface area contributed by atoms with Crippen LogP contribution in [0.3, 0.4) is 0 Å². The van der Waals surface area contributed by atoms with Crippen molar-refractivity contribution in [1.82, 2.24) is 9.47 Å². The minimum atomic E-state index is -0.326. The zero-order chi connectivity index (χ0) is 16.1. The van der Waals surface area contributed by atoms with E-state index in [2.05, 4.69) is 19.9 Å². The number of aromatic nitrogens is 1. The summed E-state index contributed by atoms with van der Waals surface area (Å²) < 4.78 is 7.02. The number of carbonyl (C=O) groups is 2. The summed E-state index contributed by atoms with van der Waals surface area (Å²) in [5.74, 6) is 0.000997. The maximum Gasteiger partial charge on any atom is 0.325 e. The molecule has 1 aliphatic carbocycles. The van der Waals surface area contributed by atoms with Crippen LogP contribution >= 0.6 is 0 Å². The molecule has 0 aromatic carbocycles.